The number of hydrogen-bond acceptors (Lipinski definition) is 2. The van der Waals surface area contributed by atoms with E-state index in [1.807, 2.05) is 12.1 Å². The number of hydrogen-bond donors (Lipinski definition) is 0. The lowest BCUT2D eigenvalue weighted by Gasteiger charge is -2.26. The maximum absolute atomic E-state index is 4.76. The first-order chi connectivity index (χ1) is 8.83. The molecule has 0 saturated heterocycles. The molecule has 2 nitrogen and oxygen atoms in total. The quantitative estimate of drug-likeness (QED) is 0.780. The Kier molecular flexibility index (Phi) is 2.85. The van der Waals surface area contributed by atoms with Gasteiger partial charge in [0, 0.05) is 20.0 Å². The van der Waals surface area contributed by atoms with Crippen molar-refractivity contribution >= 4 is 11.5 Å². The molecular formula is C16H16N2. The number of amidine groups is 1. The fourth-order valence-electron chi connectivity index (χ4n) is 2.28. The molecule has 0 atom stereocenters. The summed E-state index contributed by atoms with van der Waals surface area (Å²) in [5.41, 5.74) is 3.72. The molecule has 0 bridgehead atoms. The van der Waals surface area contributed by atoms with Crippen LogP contribution in [0.15, 0.2) is 59.6 Å². The van der Waals surface area contributed by atoms with Crippen molar-refractivity contribution in [3.05, 3.63) is 65.7 Å². The molecular weight excluding hydrogens is 220 g/mol. The summed E-state index contributed by atoms with van der Waals surface area (Å²) in [5.74, 6) is 1.14. The molecule has 2 heteroatoms. The van der Waals surface area contributed by atoms with Crippen molar-refractivity contribution in [2.45, 2.75) is 13.0 Å². The lowest BCUT2D eigenvalue weighted by molar-refractivity contribution is 0.484. The van der Waals surface area contributed by atoms with Crippen molar-refractivity contribution in [3.8, 4) is 0 Å². The fourth-order valence-corrected chi connectivity index (χ4v) is 2.28. The lowest BCUT2D eigenvalue weighted by atomic mass is 10.1. The highest BCUT2D eigenvalue weighted by Gasteiger charge is 2.15. The molecule has 90 valence electrons. The van der Waals surface area contributed by atoms with Gasteiger partial charge in [0.05, 0.1) is 5.69 Å². The van der Waals surface area contributed by atoms with Crippen LogP contribution in [0, 0.1) is 0 Å². The standard InChI is InChI=1S/C16H16N2/c1-18-12-14-9-5-6-10-15(14)17-16(18)11-13-7-3-2-4-8-13/h2-10H,11-12H2,1H3. The van der Waals surface area contributed by atoms with Gasteiger partial charge >= 0.3 is 0 Å². The van der Waals surface area contributed by atoms with E-state index in [1.165, 1.54) is 11.1 Å². The number of nitrogens with zero attached hydrogens (tertiary/aromatic N) is 2. The van der Waals surface area contributed by atoms with Crippen LogP contribution in [0.4, 0.5) is 5.69 Å². The molecule has 1 heterocycles. The van der Waals surface area contributed by atoms with Gasteiger partial charge < -0.3 is 4.90 Å². The van der Waals surface area contributed by atoms with Crippen molar-refractivity contribution in [1.29, 1.82) is 0 Å². The average molecular weight is 236 g/mol. The Morgan fingerprint density at radius 3 is 2.56 bits per heavy atom. The molecule has 0 spiro atoms. The number of likely N-dealkylation sites (N-methyl/N-ethyl adjacent to an activating group) is 1. The van der Waals surface area contributed by atoms with Gasteiger partial charge in [0.2, 0.25) is 0 Å². The van der Waals surface area contributed by atoms with Crippen molar-refractivity contribution in [2.24, 2.45) is 4.99 Å². The van der Waals surface area contributed by atoms with Crippen LogP contribution in [0.25, 0.3) is 0 Å². The minimum atomic E-state index is 0.895. The molecule has 0 aliphatic carbocycles. The van der Waals surface area contributed by atoms with E-state index in [0.29, 0.717) is 0 Å². The fraction of sp³-hybridized carbons (Fsp3) is 0.188. The zero-order valence-corrected chi connectivity index (χ0v) is 10.5. The predicted octanol–water partition coefficient (Wildman–Crippen LogP) is 3.40. The van der Waals surface area contributed by atoms with E-state index in [0.717, 1.165) is 24.5 Å². The minimum absolute atomic E-state index is 0.895. The van der Waals surface area contributed by atoms with Gasteiger partial charge in [-0.05, 0) is 17.2 Å². The summed E-state index contributed by atoms with van der Waals surface area (Å²) >= 11 is 0. The van der Waals surface area contributed by atoms with E-state index in [4.69, 9.17) is 4.99 Å². The highest BCUT2D eigenvalue weighted by atomic mass is 15.2. The summed E-state index contributed by atoms with van der Waals surface area (Å²) in [6.07, 6.45) is 0.895. The zero-order valence-electron chi connectivity index (χ0n) is 10.5. The Morgan fingerprint density at radius 1 is 1.00 bits per heavy atom. The molecule has 18 heavy (non-hydrogen) atoms. The second kappa shape index (κ2) is 4.65. The molecule has 2 aromatic carbocycles. The van der Waals surface area contributed by atoms with Crippen LogP contribution in [0.2, 0.25) is 0 Å². The normalized spacial score (nSPS) is 14.1. The Labute approximate surface area is 108 Å². The van der Waals surface area contributed by atoms with Gasteiger partial charge in [0.25, 0.3) is 0 Å². The van der Waals surface area contributed by atoms with Crippen LogP contribution in [0.1, 0.15) is 11.1 Å². The summed E-state index contributed by atoms with van der Waals surface area (Å²) in [6, 6.07) is 18.9. The third kappa shape index (κ3) is 2.14. The first-order valence-electron chi connectivity index (χ1n) is 6.23. The molecule has 0 saturated carbocycles. The summed E-state index contributed by atoms with van der Waals surface area (Å²) < 4.78 is 0. The number of fused-ring (bicyclic) bond motifs is 1. The van der Waals surface area contributed by atoms with Crippen LogP contribution >= 0.6 is 0 Å². The number of rotatable bonds is 2. The molecule has 0 aromatic heterocycles. The highest BCUT2D eigenvalue weighted by molar-refractivity contribution is 5.88. The number of aliphatic imine (C=N–C) groups is 1. The summed E-state index contributed by atoms with van der Waals surface area (Å²) in [7, 11) is 2.11. The monoisotopic (exact) mass is 236 g/mol. The lowest BCUT2D eigenvalue weighted by Crippen LogP contribution is -2.30. The second-order valence-corrected chi connectivity index (χ2v) is 4.68. The topological polar surface area (TPSA) is 15.6 Å². The molecule has 2 aromatic rings. The third-order valence-corrected chi connectivity index (χ3v) is 3.29. The number of benzene rings is 2. The van der Waals surface area contributed by atoms with E-state index in [-0.39, 0.29) is 0 Å². The average Bonchev–Trinajstić information content (AvgIpc) is 2.41. The van der Waals surface area contributed by atoms with Gasteiger partial charge in [-0.3, -0.25) is 0 Å². The third-order valence-electron chi connectivity index (χ3n) is 3.29. The smallest absolute Gasteiger partial charge is 0.109 e. The van der Waals surface area contributed by atoms with Crippen LogP contribution in [0.5, 0.6) is 0 Å². The van der Waals surface area contributed by atoms with Crippen molar-refractivity contribution in [2.75, 3.05) is 7.05 Å². The molecule has 0 radical (unpaired) electrons. The molecule has 0 N–H and O–H groups in total. The number of para-hydroxylation sites is 1. The Hall–Kier alpha value is -2.09. The van der Waals surface area contributed by atoms with Crippen LogP contribution in [0.3, 0.4) is 0 Å². The van der Waals surface area contributed by atoms with E-state index in [1.54, 1.807) is 0 Å². The summed E-state index contributed by atoms with van der Waals surface area (Å²) in [4.78, 5) is 7.00. The maximum Gasteiger partial charge on any atom is 0.109 e. The van der Waals surface area contributed by atoms with Gasteiger partial charge in [-0.15, -0.1) is 0 Å². The van der Waals surface area contributed by atoms with Gasteiger partial charge in [0.15, 0.2) is 0 Å². The Balaban J connectivity index is 1.91. The summed E-state index contributed by atoms with van der Waals surface area (Å²) in [6.45, 7) is 0.946. The first-order valence-corrected chi connectivity index (χ1v) is 6.23. The molecule has 3 rings (SSSR count). The molecule has 1 aliphatic heterocycles. The highest BCUT2D eigenvalue weighted by Crippen LogP contribution is 2.25. The first kappa shape index (κ1) is 11.0. The van der Waals surface area contributed by atoms with E-state index in [2.05, 4.69) is 54.4 Å². The van der Waals surface area contributed by atoms with E-state index < -0.39 is 0 Å². The minimum Gasteiger partial charge on any atom is -0.358 e. The largest absolute Gasteiger partial charge is 0.358 e. The summed E-state index contributed by atoms with van der Waals surface area (Å²) in [5, 5.41) is 0. The van der Waals surface area contributed by atoms with Gasteiger partial charge in [0.1, 0.15) is 5.84 Å². The van der Waals surface area contributed by atoms with Crippen molar-refractivity contribution < 1.29 is 0 Å². The van der Waals surface area contributed by atoms with Gasteiger partial charge in [-0.25, -0.2) is 4.99 Å². The SMILES string of the molecule is CN1Cc2ccccc2N=C1Cc1ccccc1. The van der Waals surface area contributed by atoms with Crippen LogP contribution < -0.4 is 0 Å². The van der Waals surface area contributed by atoms with E-state index >= 15 is 0 Å². The van der Waals surface area contributed by atoms with Crippen LogP contribution in [-0.4, -0.2) is 17.8 Å². The maximum atomic E-state index is 4.76. The zero-order chi connectivity index (χ0) is 12.4. The van der Waals surface area contributed by atoms with Gasteiger partial charge in [-0.2, -0.15) is 0 Å². The van der Waals surface area contributed by atoms with Crippen molar-refractivity contribution in [1.82, 2.24) is 4.90 Å². The molecule has 0 unspecified atom stereocenters. The predicted molar refractivity (Wildman–Crippen MR) is 75.2 cm³/mol. The Bertz CT molecular complexity index is 573. The van der Waals surface area contributed by atoms with Gasteiger partial charge in [-0.1, -0.05) is 48.5 Å². The second-order valence-electron chi connectivity index (χ2n) is 4.68. The van der Waals surface area contributed by atoms with Crippen molar-refractivity contribution in [3.63, 3.8) is 0 Å². The molecule has 1 aliphatic rings. The Morgan fingerprint density at radius 2 is 1.72 bits per heavy atom. The molecule has 0 fully saturated rings. The molecule has 0 amide bonds. The van der Waals surface area contributed by atoms with Crippen LogP contribution in [-0.2, 0) is 13.0 Å². The van der Waals surface area contributed by atoms with E-state index in [9.17, 15) is 0 Å².